The first-order valence-corrected chi connectivity index (χ1v) is 8.88. The van der Waals surface area contributed by atoms with Gasteiger partial charge in [0, 0.05) is 13.0 Å². The van der Waals surface area contributed by atoms with Gasteiger partial charge in [-0.05, 0) is 37.5 Å². The molecular formula is C17H26ClN3OS. The van der Waals surface area contributed by atoms with Crippen molar-refractivity contribution < 1.29 is 4.79 Å². The van der Waals surface area contributed by atoms with Crippen molar-refractivity contribution in [1.29, 1.82) is 0 Å². The van der Waals surface area contributed by atoms with Crippen LogP contribution in [-0.2, 0) is 11.2 Å². The predicted molar refractivity (Wildman–Crippen MR) is 101 cm³/mol. The van der Waals surface area contributed by atoms with Gasteiger partial charge in [0.2, 0.25) is 5.91 Å². The van der Waals surface area contributed by atoms with Gasteiger partial charge in [-0.1, -0.05) is 49.6 Å². The number of hydrazine groups is 1. The Labute approximate surface area is 149 Å². The van der Waals surface area contributed by atoms with Crippen LogP contribution in [0.2, 0.25) is 0 Å². The molecule has 1 unspecified atom stereocenters. The lowest BCUT2D eigenvalue weighted by molar-refractivity contribution is -0.121. The van der Waals surface area contributed by atoms with Crippen LogP contribution in [0.25, 0.3) is 0 Å². The van der Waals surface area contributed by atoms with Crippen molar-refractivity contribution in [1.82, 2.24) is 16.2 Å². The Morgan fingerprint density at radius 1 is 1.30 bits per heavy atom. The average molecular weight is 356 g/mol. The minimum absolute atomic E-state index is 0.0511. The number of hydrogen-bond acceptors (Lipinski definition) is 2. The molecule has 128 valence electrons. The average Bonchev–Trinajstić information content (AvgIpc) is 2.51. The van der Waals surface area contributed by atoms with Crippen LogP contribution in [0.4, 0.5) is 0 Å². The molecule has 0 spiro atoms. The Morgan fingerprint density at radius 3 is 2.78 bits per heavy atom. The van der Waals surface area contributed by atoms with Crippen LogP contribution in [-0.4, -0.2) is 22.9 Å². The number of thiocarbonyl (C=S) groups is 1. The number of aryl methyl sites for hydroxylation is 1. The summed E-state index contributed by atoms with van der Waals surface area (Å²) in [5.74, 6) is -0.0511. The Balaban J connectivity index is 2.18. The first-order valence-electron chi connectivity index (χ1n) is 8.03. The number of halogens is 1. The molecule has 1 aromatic carbocycles. The number of benzene rings is 1. The van der Waals surface area contributed by atoms with Crippen LogP contribution in [0.15, 0.2) is 24.3 Å². The molecule has 1 atom stereocenters. The molecular weight excluding hydrogens is 330 g/mol. The molecule has 0 aliphatic rings. The van der Waals surface area contributed by atoms with E-state index in [0.717, 1.165) is 25.7 Å². The Hall–Kier alpha value is -1.33. The zero-order chi connectivity index (χ0) is 17.1. The summed E-state index contributed by atoms with van der Waals surface area (Å²) in [4.78, 5) is 11.5. The van der Waals surface area contributed by atoms with Crippen molar-refractivity contribution in [2.24, 2.45) is 0 Å². The maximum atomic E-state index is 11.5. The van der Waals surface area contributed by atoms with Crippen LogP contribution in [0.3, 0.4) is 0 Å². The molecule has 1 aromatic rings. The summed E-state index contributed by atoms with van der Waals surface area (Å²) in [6.07, 6.45) is 4.32. The molecule has 23 heavy (non-hydrogen) atoms. The van der Waals surface area contributed by atoms with Gasteiger partial charge in [0.25, 0.3) is 0 Å². The normalized spacial score (nSPS) is 11.6. The largest absolute Gasteiger partial charge is 0.360 e. The summed E-state index contributed by atoms with van der Waals surface area (Å²) in [6.45, 7) is 4.70. The van der Waals surface area contributed by atoms with Crippen LogP contribution in [0.5, 0.6) is 0 Å². The van der Waals surface area contributed by atoms with E-state index >= 15 is 0 Å². The highest BCUT2D eigenvalue weighted by atomic mass is 35.5. The number of carbonyl (C=O) groups excluding carboxylic acids is 1. The van der Waals surface area contributed by atoms with Gasteiger partial charge in [0.15, 0.2) is 5.11 Å². The van der Waals surface area contributed by atoms with Crippen LogP contribution in [0.1, 0.15) is 43.7 Å². The molecule has 1 rings (SSSR count). The van der Waals surface area contributed by atoms with Crippen molar-refractivity contribution in [2.45, 2.75) is 51.3 Å². The van der Waals surface area contributed by atoms with Gasteiger partial charge >= 0.3 is 0 Å². The fourth-order valence-electron chi connectivity index (χ4n) is 2.14. The molecule has 0 saturated heterocycles. The van der Waals surface area contributed by atoms with E-state index in [-0.39, 0.29) is 11.3 Å². The number of alkyl halides is 1. The van der Waals surface area contributed by atoms with E-state index in [2.05, 4.69) is 48.2 Å². The van der Waals surface area contributed by atoms with Crippen molar-refractivity contribution in [3.63, 3.8) is 0 Å². The second-order valence-electron chi connectivity index (χ2n) is 5.63. The molecule has 0 fully saturated rings. The quantitative estimate of drug-likeness (QED) is 0.290. The highest BCUT2D eigenvalue weighted by Crippen LogP contribution is 2.09. The lowest BCUT2D eigenvalue weighted by Crippen LogP contribution is -2.48. The molecule has 0 saturated carbocycles. The lowest BCUT2D eigenvalue weighted by atomic mass is 10.1. The molecule has 0 radical (unpaired) electrons. The molecule has 3 N–H and O–H groups in total. The minimum Gasteiger partial charge on any atom is -0.360 e. The molecule has 4 nitrogen and oxygen atoms in total. The first-order chi connectivity index (χ1) is 11.0. The SMILES string of the molecule is CCCCCC(=O)NNC(=S)NCC(Cl)Cc1cccc(C)c1. The topological polar surface area (TPSA) is 53.2 Å². The van der Waals surface area contributed by atoms with E-state index in [0.29, 0.717) is 18.1 Å². The van der Waals surface area contributed by atoms with E-state index in [4.69, 9.17) is 23.8 Å². The monoisotopic (exact) mass is 355 g/mol. The van der Waals surface area contributed by atoms with Gasteiger partial charge in [0.1, 0.15) is 0 Å². The number of carbonyl (C=O) groups is 1. The smallest absolute Gasteiger partial charge is 0.238 e. The van der Waals surface area contributed by atoms with E-state index in [1.54, 1.807) is 0 Å². The third-order valence-corrected chi connectivity index (χ3v) is 3.90. The minimum atomic E-state index is -0.0724. The lowest BCUT2D eigenvalue weighted by Gasteiger charge is -2.14. The van der Waals surface area contributed by atoms with Crippen LogP contribution < -0.4 is 16.2 Å². The van der Waals surface area contributed by atoms with Gasteiger partial charge in [-0.2, -0.15) is 0 Å². The van der Waals surface area contributed by atoms with Crippen LogP contribution in [0, 0.1) is 6.92 Å². The van der Waals surface area contributed by atoms with Gasteiger partial charge in [-0.25, -0.2) is 0 Å². The standard InChI is InChI=1S/C17H26ClN3OS/c1-3-4-5-9-16(22)20-21-17(23)19-12-15(18)11-14-8-6-7-13(2)10-14/h6-8,10,15H,3-5,9,11-12H2,1-2H3,(H,20,22)(H2,19,21,23). The highest BCUT2D eigenvalue weighted by Gasteiger charge is 2.07. The molecule has 0 aliphatic carbocycles. The first kappa shape index (κ1) is 19.7. The fraction of sp³-hybridized carbons (Fsp3) is 0.529. The molecule has 1 amide bonds. The van der Waals surface area contributed by atoms with E-state index in [9.17, 15) is 4.79 Å². The number of unbranched alkanes of at least 4 members (excludes halogenated alkanes) is 2. The van der Waals surface area contributed by atoms with Crippen LogP contribution >= 0.6 is 23.8 Å². The van der Waals surface area contributed by atoms with Crippen molar-refractivity contribution >= 4 is 34.8 Å². The zero-order valence-electron chi connectivity index (χ0n) is 13.8. The molecule has 0 heterocycles. The van der Waals surface area contributed by atoms with E-state index < -0.39 is 0 Å². The summed E-state index contributed by atoms with van der Waals surface area (Å²) >= 11 is 11.4. The Bertz CT molecular complexity index is 510. The maximum absolute atomic E-state index is 11.5. The predicted octanol–water partition coefficient (Wildman–Crippen LogP) is 3.22. The highest BCUT2D eigenvalue weighted by molar-refractivity contribution is 7.80. The van der Waals surface area contributed by atoms with Gasteiger partial charge in [0.05, 0.1) is 5.38 Å². The number of hydrogen-bond donors (Lipinski definition) is 3. The summed E-state index contributed by atoms with van der Waals surface area (Å²) in [7, 11) is 0. The molecule has 0 bridgehead atoms. The fourth-order valence-corrected chi connectivity index (χ4v) is 2.53. The summed E-state index contributed by atoms with van der Waals surface area (Å²) in [6, 6.07) is 8.28. The van der Waals surface area contributed by atoms with Gasteiger partial charge < -0.3 is 5.32 Å². The van der Waals surface area contributed by atoms with Crippen molar-refractivity contribution in [3.8, 4) is 0 Å². The van der Waals surface area contributed by atoms with Crippen molar-refractivity contribution in [2.75, 3.05) is 6.54 Å². The second kappa shape index (κ2) is 11.2. The number of amides is 1. The number of rotatable bonds is 8. The maximum Gasteiger partial charge on any atom is 0.238 e. The third kappa shape index (κ3) is 9.41. The van der Waals surface area contributed by atoms with E-state index in [1.165, 1.54) is 11.1 Å². The van der Waals surface area contributed by atoms with Gasteiger partial charge in [-0.15, -0.1) is 11.6 Å². The van der Waals surface area contributed by atoms with Gasteiger partial charge in [-0.3, -0.25) is 15.6 Å². The molecule has 6 heteroatoms. The Kier molecular flexibility index (Phi) is 9.64. The molecule has 0 aromatic heterocycles. The third-order valence-electron chi connectivity index (χ3n) is 3.35. The number of nitrogens with one attached hydrogen (secondary N) is 3. The summed E-state index contributed by atoms with van der Waals surface area (Å²) < 4.78 is 0. The zero-order valence-corrected chi connectivity index (χ0v) is 15.4. The molecule has 0 aliphatic heterocycles. The van der Waals surface area contributed by atoms with E-state index in [1.807, 2.05) is 6.07 Å². The summed E-state index contributed by atoms with van der Waals surface area (Å²) in [5.41, 5.74) is 7.71. The second-order valence-corrected chi connectivity index (χ2v) is 6.66. The Morgan fingerprint density at radius 2 is 2.09 bits per heavy atom. The van der Waals surface area contributed by atoms with Crippen molar-refractivity contribution in [3.05, 3.63) is 35.4 Å². The summed E-state index contributed by atoms with van der Waals surface area (Å²) in [5, 5.41) is 3.32.